The predicted molar refractivity (Wildman–Crippen MR) is 73.3 cm³/mol. The normalized spacial score (nSPS) is 10.7. The molecule has 0 atom stereocenters. The summed E-state index contributed by atoms with van der Waals surface area (Å²) in [5.74, 6) is 0. The van der Waals surface area contributed by atoms with E-state index in [1.165, 1.54) is 29.5 Å². The molecular formula is C16H21N. The molecule has 0 N–H and O–H groups in total. The van der Waals surface area contributed by atoms with Crippen molar-refractivity contribution in [2.45, 2.75) is 39.7 Å². The van der Waals surface area contributed by atoms with Crippen LogP contribution in [0.4, 0.5) is 0 Å². The molecule has 0 saturated heterocycles. The van der Waals surface area contributed by atoms with E-state index in [-0.39, 0.29) is 0 Å². The Balaban J connectivity index is 2.16. The van der Waals surface area contributed by atoms with E-state index in [1.807, 2.05) is 0 Å². The van der Waals surface area contributed by atoms with Gasteiger partial charge in [-0.15, -0.1) is 0 Å². The van der Waals surface area contributed by atoms with E-state index in [4.69, 9.17) is 0 Å². The third-order valence-electron chi connectivity index (χ3n) is 3.16. The minimum Gasteiger partial charge on any atom is -0.349 e. The van der Waals surface area contributed by atoms with Crippen molar-refractivity contribution < 1.29 is 0 Å². The van der Waals surface area contributed by atoms with Gasteiger partial charge in [0.15, 0.2) is 0 Å². The van der Waals surface area contributed by atoms with E-state index >= 15 is 0 Å². The molecule has 1 aromatic carbocycles. The van der Waals surface area contributed by atoms with Gasteiger partial charge >= 0.3 is 0 Å². The molecule has 2 rings (SSSR count). The van der Waals surface area contributed by atoms with Crippen LogP contribution in [0.3, 0.4) is 0 Å². The first-order valence-electron chi connectivity index (χ1n) is 6.55. The highest BCUT2D eigenvalue weighted by Crippen LogP contribution is 2.15. The largest absolute Gasteiger partial charge is 0.349 e. The Kier molecular flexibility index (Phi) is 4.03. The number of benzene rings is 1. The molecule has 1 aromatic heterocycles. The van der Waals surface area contributed by atoms with Crippen LogP contribution in [0.15, 0.2) is 42.7 Å². The van der Waals surface area contributed by atoms with Crippen molar-refractivity contribution in [3.05, 3.63) is 59.4 Å². The van der Waals surface area contributed by atoms with Crippen LogP contribution in [0, 0.1) is 0 Å². The van der Waals surface area contributed by atoms with E-state index < -0.39 is 0 Å². The second kappa shape index (κ2) is 5.72. The van der Waals surface area contributed by atoms with Crippen molar-refractivity contribution in [1.82, 2.24) is 4.57 Å². The summed E-state index contributed by atoms with van der Waals surface area (Å²) in [4.78, 5) is 0. The highest BCUT2D eigenvalue weighted by Gasteiger charge is 2.04. The Bertz CT molecular complexity index is 454. The zero-order valence-electron chi connectivity index (χ0n) is 10.8. The number of rotatable bonds is 5. The summed E-state index contributed by atoms with van der Waals surface area (Å²) >= 11 is 0. The number of hydrogen-bond donors (Lipinski definition) is 0. The molecule has 0 saturated carbocycles. The van der Waals surface area contributed by atoms with E-state index in [0.29, 0.717) is 0 Å². The molecule has 1 nitrogen and oxygen atoms in total. The second-order valence-corrected chi connectivity index (χ2v) is 4.57. The number of hydrogen-bond acceptors (Lipinski definition) is 0. The third kappa shape index (κ3) is 3.00. The first-order valence-corrected chi connectivity index (χ1v) is 6.55. The fraction of sp³-hybridized carbons (Fsp3) is 0.375. The molecule has 0 unspecified atom stereocenters. The van der Waals surface area contributed by atoms with E-state index in [9.17, 15) is 0 Å². The van der Waals surface area contributed by atoms with Gasteiger partial charge in [-0.2, -0.15) is 0 Å². The van der Waals surface area contributed by atoms with Crippen LogP contribution in [0.2, 0.25) is 0 Å². The second-order valence-electron chi connectivity index (χ2n) is 4.57. The molecule has 0 aliphatic heterocycles. The number of aromatic nitrogens is 1. The van der Waals surface area contributed by atoms with Crippen molar-refractivity contribution >= 4 is 0 Å². The van der Waals surface area contributed by atoms with Crippen LogP contribution in [-0.2, 0) is 19.4 Å². The fourth-order valence-corrected chi connectivity index (χ4v) is 2.30. The molecule has 17 heavy (non-hydrogen) atoms. The van der Waals surface area contributed by atoms with E-state index in [0.717, 1.165) is 13.0 Å². The third-order valence-corrected chi connectivity index (χ3v) is 3.16. The summed E-state index contributed by atoms with van der Waals surface area (Å²) in [6, 6.07) is 10.6. The molecule has 0 radical (unpaired) electrons. The molecule has 2 aromatic rings. The van der Waals surface area contributed by atoms with Crippen LogP contribution < -0.4 is 0 Å². The molecule has 0 amide bonds. The fourth-order valence-electron chi connectivity index (χ4n) is 2.30. The Morgan fingerprint density at radius 3 is 2.29 bits per heavy atom. The molecule has 0 bridgehead atoms. The molecule has 0 fully saturated rings. The van der Waals surface area contributed by atoms with Gasteiger partial charge in [-0.3, -0.25) is 0 Å². The molecule has 1 heteroatoms. The summed E-state index contributed by atoms with van der Waals surface area (Å²) in [6.45, 7) is 5.47. The first-order chi connectivity index (χ1) is 8.33. The summed E-state index contributed by atoms with van der Waals surface area (Å²) in [5.41, 5.74) is 4.39. The standard InChI is InChI=1S/C16H21N/c1-3-8-16-13-17(12-15(16)4-2)11-14-9-6-5-7-10-14/h5-7,9-10,12-13H,3-4,8,11H2,1-2H3. The zero-order valence-corrected chi connectivity index (χ0v) is 10.8. The van der Waals surface area contributed by atoms with Gasteiger partial charge in [-0.1, -0.05) is 50.6 Å². The number of nitrogens with zero attached hydrogens (tertiary/aromatic N) is 1. The van der Waals surface area contributed by atoms with Crippen LogP contribution in [0.1, 0.15) is 37.0 Å². The maximum absolute atomic E-state index is 2.32. The predicted octanol–water partition coefficient (Wildman–Crippen LogP) is 4.05. The van der Waals surface area contributed by atoms with Gasteiger partial charge in [0.1, 0.15) is 0 Å². The van der Waals surface area contributed by atoms with Crippen molar-refractivity contribution in [3.63, 3.8) is 0 Å². The highest BCUT2D eigenvalue weighted by atomic mass is 14.9. The lowest BCUT2D eigenvalue weighted by Crippen LogP contribution is -1.95. The Morgan fingerprint density at radius 1 is 0.941 bits per heavy atom. The quantitative estimate of drug-likeness (QED) is 0.726. The molecule has 90 valence electrons. The van der Waals surface area contributed by atoms with Crippen LogP contribution in [0.25, 0.3) is 0 Å². The van der Waals surface area contributed by atoms with Crippen LogP contribution in [0.5, 0.6) is 0 Å². The smallest absolute Gasteiger partial charge is 0.0470 e. The topological polar surface area (TPSA) is 4.93 Å². The molecule has 1 heterocycles. The minimum absolute atomic E-state index is 0.984. The van der Waals surface area contributed by atoms with Gasteiger partial charge in [0.05, 0.1) is 0 Å². The van der Waals surface area contributed by atoms with Gasteiger partial charge in [0, 0.05) is 18.9 Å². The number of aryl methyl sites for hydroxylation is 2. The molecule has 0 aliphatic carbocycles. The van der Waals surface area contributed by atoms with Gasteiger partial charge in [-0.25, -0.2) is 0 Å². The lowest BCUT2D eigenvalue weighted by Gasteiger charge is -2.02. The van der Waals surface area contributed by atoms with Gasteiger partial charge < -0.3 is 4.57 Å². The maximum Gasteiger partial charge on any atom is 0.0470 e. The lowest BCUT2D eigenvalue weighted by molar-refractivity contribution is 0.797. The van der Waals surface area contributed by atoms with Gasteiger partial charge in [0.2, 0.25) is 0 Å². The van der Waals surface area contributed by atoms with Gasteiger partial charge in [-0.05, 0) is 29.5 Å². The lowest BCUT2D eigenvalue weighted by atomic mass is 10.1. The maximum atomic E-state index is 2.32. The monoisotopic (exact) mass is 227 g/mol. The summed E-state index contributed by atoms with van der Waals surface area (Å²) in [5, 5.41) is 0. The Morgan fingerprint density at radius 2 is 1.65 bits per heavy atom. The SMILES string of the molecule is CCCc1cn(Cc2ccccc2)cc1CC. The highest BCUT2D eigenvalue weighted by molar-refractivity contribution is 5.26. The van der Waals surface area contributed by atoms with Crippen molar-refractivity contribution in [2.24, 2.45) is 0 Å². The van der Waals surface area contributed by atoms with Crippen LogP contribution >= 0.6 is 0 Å². The van der Waals surface area contributed by atoms with Crippen molar-refractivity contribution in [1.29, 1.82) is 0 Å². The first kappa shape index (κ1) is 12.0. The van der Waals surface area contributed by atoms with Gasteiger partial charge in [0.25, 0.3) is 0 Å². The molecule has 0 spiro atoms. The summed E-state index contributed by atoms with van der Waals surface area (Å²) in [7, 11) is 0. The van der Waals surface area contributed by atoms with E-state index in [2.05, 4.69) is 61.1 Å². The van der Waals surface area contributed by atoms with Crippen molar-refractivity contribution in [2.75, 3.05) is 0 Å². The Labute approximate surface area is 104 Å². The average molecular weight is 227 g/mol. The minimum atomic E-state index is 0.984. The van der Waals surface area contributed by atoms with Crippen LogP contribution in [-0.4, -0.2) is 4.57 Å². The van der Waals surface area contributed by atoms with E-state index in [1.54, 1.807) is 0 Å². The Hall–Kier alpha value is -1.50. The average Bonchev–Trinajstić information content (AvgIpc) is 2.73. The molecule has 0 aliphatic rings. The summed E-state index contributed by atoms with van der Waals surface area (Å²) < 4.78 is 2.32. The zero-order chi connectivity index (χ0) is 12.1. The van der Waals surface area contributed by atoms with Crippen molar-refractivity contribution in [3.8, 4) is 0 Å². The molecular weight excluding hydrogens is 206 g/mol. The summed E-state index contributed by atoms with van der Waals surface area (Å²) in [6.07, 6.45) is 8.18.